The summed E-state index contributed by atoms with van der Waals surface area (Å²) in [5, 5.41) is 7.78. The Morgan fingerprint density at radius 3 is 2.82 bits per heavy atom. The fraction of sp³-hybridized carbons (Fsp3) is 0.545. The van der Waals surface area contributed by atoms with Crippen molar-refractivity contribution in [3.8, 4) is 0 Å². The number of aryl methyl sites for hydroxylation is 1. The van der Waals surface area contributed by atoms with Gasteiger partial charge in [0, 0.05) is 32.1 Å². The lowest BCUT2D eigenvalue weighted by Gasteiger charge is -2.23. The predicted molar refractivity (Wildman–Crippen MR) is 109 cm³/mol. The van der Waals surface area contributed by atoms with Crippen LogP contribution in [0.4, 0.5) is 0 Å². The van der Waals surface area contributed by atoms with E-state index in [-0.39, 0.29) is 11.8 Å². The standard InChI is InChI=1S/C22H31N5O/c23-9-8-17-4-1-5-18(12-17)15-26-10-3-11-27-21(16-26)13-20(25-27)14-24-22(28)19-6-2-7-19/h1,4-5,12-13,19H,2-3,6-11,14-16,23H2,(H,24,28). The molecule has 2 aliphatic rings. The van der Waals surface area contributed by atoms with Crippen LogP contribution in [0.15, 0.2) is 30.3 Å². The topological polar surface area (TPSA) is 76.2 Å². The zero-order valence-corrected chi connectivity index (χ0v) is 16.6. The molecule has 0 atom stereocenters. The van der Waals surface area contributed by atoms with Gasteiger partial charge in [0.1, 0.15) is 0 Å². The van der Waals surface area contributed by atoms with E-state index in [4.69, 9.17) is 10.8 Å². The van der Waals surface area contributed by atoms with Gasteiger partial charge in [-0.1, -0.05) is 30.7 Å². The van der Waals surface area contributed by atoms with Crippen LogP contribution in [-0.2, 0) is 37.4 Å². The number of benzene rings is 1. The molecule has 2 heterocycles. The van der Waals surface area contributed by atoms with Crippen molar-refractivity contribution in [3.05, 3.63) is 52.8 Å². The Hall–Kier alpha value is -2.18. The average molecular weight is 382 g/mol. The highest BCUT2D eigenvalue weighted by molar-refractivity contribution is 5.79. The van der Waals surface area contributed by atoms with Crippen LogP contribution in [0, 0.1) is 5.92 Å². The van der Waals surface area contributed by atoms with E-state index in [0.29, 0.717) is 13.1 Å². The van der Waals surface area contributed by atoms with Gasteiger partial charge in [-0.3, -0.25) is 14.4 Å². The van der Waals surface area contributed by atoms with Gasteiger partial charge in [0.2, 0.25) is 5.91 Å². The summed E-state index contributed by atoms with van der Waals surface area (Å²) < 4.78 is 2.12. The molecule has 1 aromatic heterocycles. The molecule has 0 unspecified atom stereocenters. The van der Waals surface area contributed by atoms with Crippen molar-refractivity contribution < 1.29 is 4.79 Å². The number of hydrogen-bond acceptors (Lipinski definition) is 4. The van der Waals surface area contributed by atoms with E-state index in [2.05, 4.69) is 45.2 Å². The van der Waals surface area contributed by atoms with Gasteiger partial charge < -0.3 is 11.1 Å². The maximum Gasteiger partial charge on any atom is 0.223 e. The first-order valence-corrected chi connectivity index (χ1v) is 10.5. The molecule has 150 valence electrons. The molecule has 6 heteroatoms. The van der Waals surface area contributed by atoms with Crippen LogP contribution in [0.5, 0.6) is 0 Å². The molecule has 1 amide bonds. The SMILES string of the molecule is NCCc1cccc(CN2CCCn3nc(CNC(=O)C4CCC4)cc3C2)c1. The Balaban J connectivity index is 1.37. The molecular weight excluding hydrogens is 350 g/mol. The van der Waals surface area contributed by atoms with E-state index in [0.717, 1.165) is 57.6 Å². The number of aromatic nitrogens is 2. The van der Waals surface area contributed by atoms with Gasteiger partial charge >= 0.3 is 0 Å². The lowest BCUT2D eigenvalue weighted by Crippen LogP contribution is -2.34. The van der Waals surface area contributed by atoms with Crippen molar-refractivity contribution in [2.45, 2.75) is 58.3 Å². The normalized spacial score (nSPS) is 17.6. The number of fused-ring (bicyclic) bond motifs is 1. The predicted octanol–water partition coefficient (Wildman–Crippen LogP) is 2.21. The molecule has 0 spiro atoms. The maximum atomic E-state index is 12.1. The number of amides is 1. The van der Waals surface area contributed by atoms with Crippen molar-refractivity contribution in [2.24, 2.45) is 11.7 Å². The molecule has 2 aromatic rings. The number of nitrogens with two attached hydrogens (primary N) is 1. The fourth-order valence-electron chi connectivity index (χ4n) is 4.11. The molecule has 0 saturated heterocycles. The molecule has 1 fully saturated rings. The number of nitrogens with one attached hydrogen (secondary N) is 1. The first-order chi connectivity index (χ1) is 13.7. The zero-order chi connectivity index (χ0) is 19.3. The third-order valence-corrected chi connectivity index (χ3v) is 5.89. The van der Waals surface area contributed by atoms with E-state index in [1.807, 2.05) is 0 Å². The Bertz CT molecular complexity index is 811. The maximum absolute atomic E-state index is 12.1. The number of rotatable bonds is 7. The van der Waals surface area contributed by atoms with Gasteiger partial charge in [0.25, 0.3) is 0 Å². The van der Waals surface area contributed by atoms with Gasteiger partial charge in [0.05, 0.1) is 17.9 Å². The molecule has 1 saturated carbocycles. The summed E-state index contributed by atoms with van der Waals surface area (Å²) in [5.74, 6) is 0.416. The summed E-state index contributed by atoms with van der Waals surface area (Å²) in [4.78, 5) is 14.5. The molecule has 1 aliphatic heterocycles. The van der Waals surface area contributed by atoms with Crippen LogP contribution in [-0.4, -0.2) is 33.7 Å². The van der Waals surface area contributed by atoms with Crippen LogP contribution in [0.1, 0.15) is 48.2 Å². The first kappa shape index (κ1) is 19.2. The number of carbonyl (C=O) groups is 1. The summed E-state index contributed by atoms with van der Waals surface area (Å²) in [6.45, 7) is 5.07. The van der Waals surface area contributed by atoms with Gasteiger partial charge in [-0.2, -0.15) is 5.10 Å². The highest BCUT2D eigenvalue weighted by Gasteiger charge is 2.25. The van der Waals surface area contributed by atoms with Crippen LogP contribution in [0.3, 0.4) is 0 Å². The molecule has 1 aliphatic carbocycles. The molecule has 0 radical (unpaired) electrons. The summed E-state index contributed by atoms with van der Waals surface area (Å²) in [6, 6.07) is 10.9. The number of hydrogen-bond donors (Lipinski definition) is 2. The lowest BCUT2D eigenvalue weighted by molar-refractivity contribution is -0.127. The molecule has 4 rings (SSSR count). The molecule has 28 heavy (non-hydrogen) atoms. The second-order valence-electron chi connectivity index (χ2n) is 8.12. The van der Waals surface area contributed by atoms with E-state index in [1.165, 1.54) is 23.2 Å². The van der Waals surface area contributed by atoms with Crippen LogP contribution in [0.2, 0.25) is 0 Å². The Morgan fingerprint density at radius 2 is 2.04 bits per heavy atom. The van der Waals surface area contributed by atoms with Gasteiger partial charge in [0.15, 0.2) is 0 Å². The Labute approximate surface area is 167 Å². The third kappa shape index (κ3) is 4.62. The summed E-state index contributed by atoms with van der Waals surface area (Å²) >= 11 is 0. The van der Waals surface area contributed by atoms with E-state index in [1.54, 1.807) is 0 Å². The van der Waals surface area contributed by atoms with Crippen LogP contribution >= 0.6 is 0 Å². The highest BCUT2D eigenvalue weighted by atomic mass is 16.1. The summed E-state index contributed by atoms with van der Waals surface area (Å²) in [6.07, 6.45) is 5.27. The fourth-order valence-corrected chi connectivity index (χ4v) is 4.11. The van der Waals surface area contributed by atoms with E-state index in [9.17, 15) is 4.79 Å². The van der Waals surface area contributed by atoms with Crippen molar-refractivity contribution >= 4 is 5.91 Å². The number of carbonyl (C=O) groups excluding carboxylic acids is 1. The quantitative estimate of drug-likeness (QED) is 0.771. The van der Waals surface area contributed by atoms with Gasteiger partial charge in [-0.15, -0.1) is 0 Å². The molecule has 3 N–H and O–H groups in total. The second kappa shape index (κ2) is 8.88. The van der Waals surface area contributed by atoms with Crippen molar-refractivity contribution in [3.63, 3.8) is 0 Å². The Kier molecular flexibility index (Phi) is 6.07. The molecule has 1 aromatic carbocycles. The second-order valence-corrected chi connectivity index (χ2v) is 8.12. The van der Waals surface area contributed by atoms with Crippen molar-refractivity contribution in [2.75, 3.05) is 13.1 Å². The Morgan fingerprint density at radius 1 is 1.18 bits per heavy atom. The van der Waals surface area contributed by atoms with Gasteiger partial charge in [-0.25, -0.2) is 0 Å². The van der Waals surface area contributed by atoms with E-state index >= 15 is 0 Å². The number of nitrogens with zero attached hydrogens (tertiary/aromatic N) is 3. The van der Waals surface area contributed by atoms with Crippen molar-refractivity contribution in [1.29, 1.82) is 0 Å². The lowest BCUT2D eigenvalue weighted by atomic mass is 9.85. The van der Waals surface area contributed by atoms with Crippen molar-refractivity contribution in [1.82, 2.24) is 20.0 Å². The summed E-state index contributed by atoms with van der Waals surface area (Å²) in [5.41, 5.74) is 10.6. The van der Waals surface area contributed by atoms with Crippen LogP contribution < -0.4 is 11.1 Å². The first-order valence-electron chi connectivity index (χ1n) is 10.5. The highest BCUT2D eigenvalue weighted by Crippen LogP contribution is 2.26. The average Bonchev–Trinajstić information content (AvgIpc) is 2.91. The monoisotopic (exact) mass is 381 g/mol. The van der Waals surface area contributed by atoms with E-state index < -0.39 is 0 Å². The van der Waals surface area contributed by atoms with Crippen LogP contribution in [0.25, 0.3) is 0 Å². The minimum atomic E-state index is 0.188. The smallest absolute Gasteiger partial charge is 0.223 e. The molecule has 6 nitrogen and oxygen atoms in total. The summed E-state index contributed by atoms with van der Waals surface area (Å²) in [7, 11) is 0. The minimum absolute atomic E-state index is 0.188. The minimum Gasteiger partial charge on any atom is -0.350 e. The molecule has 0 bridgehead atoms. The molecular formula is C22H31N5O. The zero-order valence-electron chi connectivity index (χ0n) is 16.6. The largest absolute Gasteiger partial charge is 0.350 e. The third-order valence-electron chi connectivity index (χ3n) is 5.89. The van der Waals surface area contributed by atoms with Gasteiger partial charge in [-0.05, 0) is 49.4 Å².